The molecule has 0 aliphatic carbocycles. The van der Waals surface area contributed by atoms with Crippen molar-refractivity contribution in [3.63, 3.8) is 0 Å². The average molecular weight is 251 g/mol. The molecule has 1 atom stereocenters. The zero-order chi connectivity index (χ0) is 12.5. The van der Waals surface area contributed by atoms with Crippen LogP contribution >= 0.6 is 11.8 Å². The van der Waals surface area contributed by atoms with Gasteiger partial charge in [-0.1, -0.05) is 20.8 Å². The number of thiocyanates is 1. The Balaban J connectivity index is 2.35. The van der Waals surface area contributed by atoms with Crippen LogP contribution in [0.15, 0.2) is 11.1 Å². The highest BCUT2D eigenvalue weighted by molar-refractivity contribution is 8.03. The summed E-state index contributed by atoms with van der Waals surface area (Å²) in [5.74, 6) is 0. The van der Waals surface area contributed by atoms with Crippen molar-refractivity contribution in [3.8, 4) is 5.40 Å². The number of nitrogens with zero attached hydrogens (tertiary/aromatic N) is 3. The Labute approximate surface area is 106 Å². The number of nitriles is 1. The molecule has 2 rings (SSSR count). The lowest BCUT2D eigenvalue weighted by Crippen LogP contribution is -2.15. The second kappa shape index (κ2) is 4.71. The van der Waals surface area contributed by atoms with Crippen LogP contribution in [-0.4, -0.2) is 23.0 Å². The molecule has 4 nitrogen and oxygen atoms in total. The van der Waals surface area contributed by atoms with Crippen molar-refractivity contribution in [2.45, 2.75) is 43.7 Å². The molecule has 0 aromatic carbocycles. The van der Waals surface area contributed by atoms with Gasteiger partial charge in [0.25, 0.3) is 0 Å². The lowest BCUT2D eigenvalue weighted by atomic mass is 9.93. The van der Waals surface area contributed by atoms with Gasteiger partial charge in [0.2, 0.25) is 0 Å². The molecule has 1 aliphatic heterocycles. The third-order valence-corrected chi connectivity index (χ3v) is 3.48. The van der Waals surface area contributed by atoms with Gasteiger partial charge in [0, 0.05) is 23.8 Å². The molecule has 1 fully saturated rings. The van der Waals surface area contributed by atoms with E-state index in [0.717, 1.165) is 23.7 Å². The smallest absolute Gasteiger partial charge is 0.140 e. The van der Waals surface area contributed by atoms with Gasteiger partial charge in [0.05, 0.1) is 18.3 Å². The highest BCUT2D eigenvalue weighted by Gasteiger charge is 2.25. The van der Waals surface area contributed by atoms with Crippen molar-refractivity contribution in [1.82, 2.24) is 9.78 Å². The maximum Gasteiger partial charge on any atom is 0.140 e. The van der Waals surface area contributed by atoms with Gasteiger partial charge in [-0.15, -0.1) is 0 Å². The summed E-state index contributed by atoms with van der Waals surface area (Å²) in [5.41, 5.74) is 1.04. The van der Waals surface area contributed by atoms with E-state index in [1.165, 1.54) is 11.8 Å². The van der Waals surface area contributed by atoms with E-state index in [1.807, 2.05) is 10.7 Å². The monoisotopic (exact) mass is 251 g/mol. The molecule has 1 aromatic heterocycles. The van der Waals surface area contributed by atoms with Crippen LogP contribution in [0, 0.1) is 10.7 Å². The minimum atomic E-state index is 0.00940. The van der Waals surface area contributed by atoms with Crippen LogP contribution in [0.3, 0.4) is 0 Å². The fourth-order valence-corrected chi connectivity index (χ4v) is 2.39. The molecule has 0 N–H and O–H groups in total. The number of hydrogen-bond acceptors (Lipinski definition) is 4. The van der Waals surface area contributed by atoms with Gasteiger partial charge >= 0.3 is 0 Å². The maximum atomic E-state index is 8.84. The second-order valence-corrected chi connectivity index (χ2v) is 6.08. The summed E-state index contributed by atoms with van der Waals surface area (Å²) in [6.45, 7) is 7.87. The average Bonchev–Trinajstić information content (AvgIpc) is 2.83. The van der Waals surface area contributed by atoms with Crippen molar-refractivity contribution in [2.75, 3.05) is 13.2 Å². The molecule has 0 spiro atoms. The maximum absolute atomic E-state index is 8.84. The Morgan fingerprint density at radius 2 is 2.35 bits per heavy atom. The first-order valence-corrected chi connectivity index (χ1v) is 6.57. The van der Waals surface area contributed by atoms with E-state index in [0.29, 0.717) is 6.61 Å². The van der Waals surface area contributed by atoms with E-state index >= 15 is 0 Å². The first-order valence-electron chi connectivity index (χ1n) is 5.76. The Morgan fingerprint density at radius 1 is 1.59 bits per heavy atom. The Hall–Kier alpha value is -0.990. The fraction of sp³-hybridized carbons (Fsp3) is 0.667. The van der Waals surface area contributed by atoms with Crippen LogP contribution in [0.4, 0.5) is 0 Å². The lowest BCUT2D eigenvalue weighted by Gasteiger charge is -2.15. The zero-order valence-corrected chi connectivity index (χ0v) is 11.3. The standard InChI is InChI=1S/C12H17N3OS/c1-12(2,3)10-6-11(17-8-13)15(14-10)9-4-5-16-7-9/h6,9H,4-5,7H2,1-3H3/t9-/m0/s1. The van der Waals surface area contributed by atoms with Crippen LogP contribution in [0.25, 0.3) is 0 Å². The Bertz CT molecular complexity index is 436. The SMILES string of the molecule is CC(C)(C)c1cc(SC#N)n([C@H]2CCOC2)n1. The van der Waals surface area contributed by atoms with Crippen molar-refractivity contribution >= 4 is 11.8 Å². The molecule has 1 aliphatic rings. The van der Waals surface area contributed by atoms with Crippen LogP contribution in [0.1, 0.15) is 38.9 Å². The molecule has 0 amide bonds. The quantitative estimate of drug-likeness (QED) is 0.599. The summed E-state index contributed by atoms with van der Waals surface area (Å²) in [6, 6.07) is 2.30. The Morgan fingerprint density at radius 3 is 2.88 bits per heavy atom. The topological polar surface area (TPSA) is 50.8 Å². The molecule has 1 saturated heterocycles. The largest absolute Gasteiger partial charge is 0.379 e. The van der Waals surface area contributed by atoms with Gasteiger partial charge in [-0.2, -0.15) is 10.4 Å². The molecular formula is C12H17N3OS. The summed E-state index contributed by atoms with van der Waals surface area (Å²) < 4.78 is 7.35. The van der Waals surface area contributed by atoms with E-state index in [1.54, 1.807) is 0 Å². The van der Waals surface area contributed by atoms with Crippen LogP contribution in [0.2, 0.25) is 0 Å². The third kappa shape index (κ3) is 2.64. The molecule has 0 unspecified atom stereocenters. The predicted octanol–water partition coefficient (Wildman–Crippen LogP) is 2.72. The fourth-order valence-electron chi connectivity index (χ4n) is 1.84. The van der Waals surface area contributed by atoms with E-state index in [9.17, 15) is 0 Å². The summed E-state index contributed by atoms with van der Waals surface area (Å²) in [7, 11) is 0. The highest BCUT2D eigenvalue weighted by Crippen LogP contribution is 2.30. The van der Waals surface area contributed by atoms with Crippen LogP contribution in [-0.2, 0) is 10.2 Å². The molecule has 2 heterocycles. The lowest BCUT2D eigenvalue weighted by molar-refractivity contribution is 0.182. The summed E-state index contributed by atoms with van der Waals surface area (Å²) >= 11 is 1.18. The van der Waals surface area contributed by atoms with Gasteiger partial charge in [-0.25, -0.2) is 0 Å². The normalized spacial score (nSPS) is 20.5. The van der Waals surface area contributed by atoms with Gasteiger partial charge in [-0.05, 0) is 12.5 Å². The molecule has 5 heteroatoms. The van der Waals surface area contributed by atoms with Crippen LogP contribution < -0.4 is 0 Å². The summed E-state index contributed by atoms with van der Waals surface area (Å²) in [6.07, 6.45) is 0.976. The first kappa shape index (κ1) is 12.5. The van der Waals surface area contributed by atoms with Crippen LogP contribution in [0.5, 0.6) is 0 Å². The van der Waals surface area contributed by atoms with E-state index in [-0.39, 0.29) is 11.5 Å². The number of hydrogen-bond donors (Lipinski definition) is 0. The molecule has 0 saturated carbocycles. The molecule has 1 aromatic rings. The number of aromatic nitrogens is 2. The molecule has 0 bridgehead atoms. The van der Waals surface area contributed by atoms with Crippen molar-refractivity contribution in [3.05, 3.63) is 11.8 Å². The van der Waals surface area contributed by atoms with Gasteiger partial charge in [0.15, 0.2) is 0 Å². The minimum Gasteiger partial charge on any atom is -0.379 e. The van der Waals surface area contributed by atoms with Gasteiger partial charge in [-0.3, -0.25) is 4.68 Å². The molecular weight excluding hydrogens is 234 g/mol. The number of rotatable bonds is 2. The van der Waals surface area contributed by atoms with Gasteiger partial charge in [0.1, 0.15) is 10.4 Å². The first-order chi connectivity index (χ1) is 8.02. The highest BCUT2D eigenvalue weighted by atomic mass is 32.2. The van der Waals surface area contributed by atoms with E-state index < -0.39 is 0 Å². The van der Waals surface area contributed by atoms with E-state index in [4.69, 9.17) is 10.00 Å². The summed E-state index contributed by atoms with van der Waals surface area (Å²) in [5, 5.41) is 16.5. The number of thioether (sulfide) groups is 1. The zero-order valence-electron chi connectivity index (χ0n) is 10.4. The third-order valence-electron chi connectivity index (χ3n) is 2.87. The molecule has 92 valence electrons. The second-order valence-electron chi connectivity index (χ2n) is 5.27. The molecule has 0 radical (unpaired) electrons. The molecule has 17 heavy (non-hydrogen) atoms. The Kier molecular flexibility index (Phi) is 3.45. The minimum absolute atomic E-state index is 0.00940. The van der Waals surface area contributed by atoms with Crippen molar-refractivity contribution < 1.29 is 4.74 Å². The number of ether oxygens (including phenoxy) is 1. The van der Waals surface area contributed by atoms with Crippen molar-refractivity contribution in [1.29, 1.82) is 5.26 Å². The van der Waals surface area contributed by atoms with E-state index in [2.05, 4.69) is 31.3 Å². The van der Waals surface area contributed by atoms with Gasteiger partial charge < -0.3 is 4.74 Å². The van der Waals surface area contributed by atoms with Crippen molar-refractivity contribution in [2.24, 2.45) is 0 Å². The predicted molar refractivity (Wildman–Crippen MR) is 66.9 cm³/mol. The summed E-state index contributed by atoms with van der Waals surface area (Å²) in [4.78, 5) is 0.